The minimum Gasteiger partial charge on any atom is -0.437 e. The van der Waals surface area contributed by atoms with E-state index in [1.807, 2.05) is 47.6 Å². The number of nitrogens with one attached hydrogen (secondary N) is 2. The summed E-state index contributed by atoms with van der Waals surface area (Å²) in [5.41, 5.74) is 0.781. The number of aromatic nitrogens is 2. The van der Waals surface area contributed by atoms with Gasteiger partial charge in [-0.2, -0.15) is 0 Å². The second-order valence-electron chi connectivity index (χ2n) is 7.94. The van der Waals surface area contributed by atoms with Crippen molar-refractivity contribution in [2.45, 2.75) is 58.9 Å². The molecule has 0 unspecified atom stereocenters. The predicted octanol–water partition coefficient (Wildman–Crippen LogP) is 2.89. The van der Waals surface area contributed by atoms with Crippen LogP contribution < -0.4 is 10.9 Å². The molecule has 0 aliphatic heterocycles. The molecular weight excluding hydrogens is 306 g/mol. The molecule has 2 aromatic heterocycles. The van der Waals surface area contributed by atoms with Gasteiger partial charge in [0.15, 0.2) is 0 Å². The van der Waals surface area contributed by atoms with Crippen LogP contribution in [-0.2, 0) is 17.4 Å². The number of carbonyl (C=O) groups excluding carboxylic acids is 1. The van der Waals surface area contributed by atoms with Crippen molar-refractivity contribution in [2.24, 2.45) is 0 Å². The van der Waals surface area contributed by atoms with E-state index in [2.05, 4.69) is 15.3 Å². The molecule has 0 saturated carbocycles. The number of amides is 1. The maximum Gasteiger partial charge on any atom is 0.307 e. The summed E-state index contributed by atoms with van der Waals surface area (Å²) in [7, 11) is 0. The summed E-state index contributed by atoms with van der Waals surface area (Å²) in [5, 5.41) is 2.66. The Morgan fingerprint density at radius 1 is 1.17 bits per heavy atom. The first-order chi connectivity index (χ1) is 11.0. The summed E-state index contributed by atoms with van der Waals surface area (Å²) in [4.78, 5) is 31.1. The number of hydrogen-bond donors (Lipinski definition) is 2. The van der Waals surface area contributed by atoms with E-state index in [4.69, 9.17) is 4.42 Å². The Labute approximate surface area is 141 Å². The van der Waals surface area contributed by atoms with E-state index in [1.54, 1.807) is 12.3 Å². The smallest absolute Gasteiger partial charge is 0.307 e. The van der Waals surface area contributed by atoms with Crippen molar-refractivity contribution < 1.29 is 9.21 Å². The Morgan fingerprint density at radius 2 is 1.83 bits per heavy atom. The number of carbonyl (C=O) groups is 1. The highest BCUT2D eigenvalue weighted by molar-refractivity contribution is 5.89. The molecule has 0 fully saturated rings. The van der Waals surface area contributed by atoms with Crippen molar-refractivity contribution in [1.82, 2.24) is 15.3 Å². The van der Waals surface area contributed by atoms with Crippen LogP contribution >= 0.6 is 0 Å². The van der Waals surface area contributed by atoms with Crippen molar-refractivity contribution in [1.29, 1.82) is 0 Å². The first-order valence-corrected chi connectivity index (χ1v) is 7.95. The first kappa shape index (κ1) is 18.0. The van der Waals surface area contributed by atoms with E-state index in [-0.39, 0.29) is 28.8 Å². The summed E-state index contributed by atoms with van der Waals surface area (Å²) < 4.78 is 5.48. The highest BCUT2D eigenvalue weighted by atomic mass is 16.4. The van der Waals surface area contributed by atoms with Crippen molar-refractivity contribution in [3.05, 3.63) is 51.6 Å². The highest BCUT2D eigenvalue weighted by Crippen LogP contribution is 2.22. The molecule has 0 saturated heterocycles. The van der Waals surface area contributed by atoms with E-state index in [0.717, 1.165) is 5.69 Å². The van der Waals surface area contributed by atoms with Crippen LogP contribution in [0.2, 0.25) is 0 Å². The van der Waals surface area contributed by atoms with Crippen LogP contribution in [-0.4, -0.2) is 15.9 Å². The van der Waals surface area contributed by atoms with Gasteiger partial charge < -0.3 is 14.7 Å². The van der Waals surface area contributed by atoms with Crippen molar-refractivity contribution in [3.63, 3.8) is 0 Å². The first-order valence-electron chi connectivity index (χ1n) is 7.95. The second-order valence-corrected chi connectivity index (χ2v) is 7.94. The standard InChI is InChI=1S/C18H25N3O3/c1-17(2,3)12-8-7-11(14(22)21-12)9-19-15(23)16-20-10-13(24-16)18(4,5)6/h7-8,10H,9H2,1-6H3,(H,19,23)(H,21,22). The SMILES string of the molecule is CC(C)(C)c1ccc(CNC(=O)c2ncc(C(C)(C)C)o2)c(=O)[nH]1. The van der Waals surface area contributed by atoms with E-state index in [9.17, 15) is 9.59 Å². The van der Waals surface area contributed by atoms with Gasteiger partial charge in [0, 0.05) is 28.6 Å². The topological polar surface area (TPSA) is 88.0 Å². The molecule has 1 amide bonds. The van der Waals surface area contributed by atoms with Gasteiger partial charge in [-0.3, -0.25) is 9.59 Å². The average molecular weight is 331 g/mol. The number of aromatic amines is 1. The van der Waals surface area contributed by atoms with Crippen LogP contribution in [0.25, 0.3) is 0 Å². The summed E-state index contributed by atoms with van der Waals surface area (Å²) in [6, 6.07) is 3.60. The Bertz CT molecular complexity index is 789. The van der Waals surface area contributed by atoms with Crippen molar-refractivity contribution in [3.8, 4) is 0 Å². The van der Waals surface area contributed by atoms with Crippen LogP contribution in [0.1, 0.15) is 69.2 Å². The maximum atomic E-state index is 12.1. The largest absolute Gasteiger partial charge is 0.437 e. The Morgan fingerprint density at radius 3 is 2.33 bits per heavy atom. The zero-order valence-corrected chi connectivity index (χ0v) is 15.1. The van der Waals surface area contributed by atoms with Crippen LogP contribution in [0.15, 0.2) is 27.5 Å². The summed E-state index contributed by atoms with van der Waals surface area (Å²) in [5.74, 6) is 0.201. The molecule has 2 aromatic rings. The maximum absolute atomic E-state index is 12.1. The molecule has 0 aliphatic rings. The molecule has 0 bridgehead atoms. The molecular formula is C18H25N3O3. The highest BCUT2D eigenvalue weighted by Gasteiger charge is 2.22. The third-order valence-electron chi connectivity index (χ3n) is 3.68. The Balaban J connectivity index is 2.07. The van der Waals surface area contributed by atoms with Crippen LogP contribution in [0.4, 0.5) is 0 Å². The molecule has 0 atom stereocenters. The van der Waals surface area contributed by atoms with Crippen LogP contribution in [0.5, 0.6) is 0 Å². The van der Waals surface area contributed by atoms with E-state index in [0.29, 0.717) is 11.3 Å². The number of H-pyrrole nitrogens is 1. The molecule has 2 heterocycles. The van der Waals surface area contributed by atoms with Gasteiger partial charge >= 0.3 is 5.91 Å². The molecule has 24 heavy (non-hydrogen) atoms. The molecule has 0 aliphatic carbocycles. The average Bonchev–Trinajstić information content (AvgIpc) is 2.94. The summed E-state index contributed by atoms with van der Waals surface area (Å²) in [6.45, 7) is 12.1. The van der Waals surface area contributed by atoms with Crippen LogP contribution in [0.3, 0.4) is 0 Å². The fourth-order valence-corrected chi connectivity index (χ4v) is 2.06. The fraction of sp³-hybridized carbons (Fsp3) is 0.500. The lowest BCUT2D eigenvalue weighted by atomic mass is 9.91. The van der Waals surface area contributed by atoms with Crippen LogP contribution in [0, 0.1) is 0 Å². The lowest BCUT2D eigenvalue weighted by Gasteiger charge is -2.18. The number of rotatable bonds is 3. The minimum atomic E-state index is -0.440. The molecule has 0 spiro atoms. The van der Waals surface area contributed by atoms with Crippen molar-refractivity contribution in [2.75, 3.05) is 0 Å². The quantitative estimate of drug-likeness (QED) is 0.905. The molecule has 2 rings (SSSR count). The van der Waals surface area contributed by atoms with Gasteiger partial charge in [0.05, 0.1) is 6.20 Å². The van der Waals surface area contributed by atoms with Gasteiger partial charge in [0.25, 0.3) is 11.4 Å². The van der Waals surface area contributed by atoms with E-state index < -0.39 is 5.91 Å². The van der Waals surface area contributed by atoms with Gasteiger partial charge in [-0.05, 0) is 12.1 Å². The zero-order valence-electron chi connectivity index (χ0n) is 15.1. The zero-order chi connectivity index (χ0) is 18.1. The molecule has 130 valence electrons. The van der Waals surface area contributed by atoms with Gasteiger partial charge in [0.2, 0.25) is 0 Å². The summed E-state index contributed by atoms with van der Waals surface area (Å²) in [6.07, 6.45) is 1.56. The fourth-order valence-electron chi connectivity index (χ4n) is 2.06. The van der Waals surface area contributed by atoms with Gasteiger partial charge in [-0.15, -0.1) is 0 Å². The summed E-state index contributed by atoms with van der Waals surface area (Å²) >= 11 is 0. The van der Waals surface area contributed by atoms with E-state index in [1.165, 1.54) is 0 Å². The Kier molecular flexibility index (Phi) is 4.69. The minimum absolute atomic E-state index is 0.00247. The number of oxazole rings is 1. The molecule has 6 nitrogen and oxygen atoms in total. The molecule has 2 N–H and O–H groups in total. The number of pyridine rings is 1. The predicted molar refractivity (Wildman–Crippen MR) is 92.1 cm³/mol. The lowest BCUT2D eigenvalue weighted by molar-refractivity contribution is 0.0912. The number of hydrogen-bond acceptors (Lipinski definition) is 4. The number of nitrogens with zero attached hydrogens (tertiary/aromatic N) is 1. The molecule has 0 aromatic carbocycles. The third-order valence-corrected chi connectivity index (χ3v) is 3.68. The van der Waals surface area contributed by atoms with Gasteiger partial charge in [0.1, 0.15) is 5.76 Å². The van der Waals surface area contributed by atoms with Crippen molar-refractivity contribution >= 4 is 5.91 Å². The monoisotopic (exact) mass is 331 g/mol. The Hall–Kier alpha value is -2.37. The van der Waals surface area contributed by atoms with Gasteiger partial charge in [-0.1, -0.05) is 41.5 Å². The third kappa shape index (κ3) is 4.13. The molecule has 0 radical (unpaired) electrons. The lowest BCUT2D eigenvalue weighted by Crippen LogP contribution is -2.28. The normalized spacial score (nSPS) is 12.2. The van der Waals surface area contributed by atoms with Gasteiger partial charge in [-0.25, -0.2) is 4.98 Å². The van der Waals surface area contributed by atoms with E-state index >= 15 is 0 Å². The molecule has 6 heteroatoms. The second kappa shape index (κ2) is 6.26.